The molecule has 0 heterocycles. The second-order valence-corrected chi connectivity index (χ2v) is 7.21. The molecular formula is C14H32N4O2+2. The molecule has 0 saturated heterocycles. The molecule has 0 fully saturated rings. The molecule has 0 aliphatic heterocycles. The number of carbonyl (C=O) groups excluding carboxylic acids is 2. The van der Waals surface area contributed by atoms with E-state index >= 15 is 0 Å². The third-order valence-electron chi connectivity index (χ3n) is 3.43. The Hall–Kier alpha value is -1.14. The Kier molecular flexibility index (Phi) is 6.64. The predicted octanol–water partition coefficient (Wildman–Crippen LogP) is -0.684. The van der Waals surface area contributed by atoms with Crippen molar-refractivity contribution in [3.05, 3.63) is 0 Å². The zero-order valence-corrected chi connectivity index (χ0v) is 14.4. The fourth-order valence-electron chi connectivity index (χ4n) is 1.71. The van der Waals surface area contributed by atoms with Crippen molar-refractivity contribution in [1.29, 1.82) is 0 Å². The van der Waals surface area contributed by atoms with Gasteiger partial charge in [0.25, 0.3) is 11.8 Å². The van der Waals surface area contributed by atoms with Crippen molar-refractivity contribution in [3.8, 4) is 0 Å². The summed E-state index contributed by atoms with van der Waals surface area (Å²) in [5, 5.41) is 0. The minimum Gasteiger partial charge on any atom is -0.344 e. The Morgan fingerprint density at radius 1 is 0.700 bits per heavy atom. The molecule has 0 saturated carbocycles. The topological polar surface area (TPSA) is 40.6 Å². The molecule has 0 aliphatic rings. The van der Waals surface area contributed by atoms with Gasteiger partial charge in [-0.3, -0.25) is 9.59 Å². The van der Waals surface area contributed by atoms with Crippen LogP contribution in [-0.2, 0) is 9.59 Å². The summed E-state index contributed by atoms with van der Waals surface area (Å²) in [6.07, 6.45) is 0. The summed E-state index contributed by atoms with van der Waals surface area (Å²) in [6.45, 7) is 2.67. The Morgan fingerprint density at radius 2 is 0.950 bits per heavy atom. The van der Waals surface area contributed by atoms with Crippen LogP contribution in [0.3, 0.4) is 0 Å². The van der Waals surface area contributed by atoms with Crippen molar-refractivity contribution in [2.75, 3.05) is 82.6 Å². The van der Waals surface area contributed by atoms with Gasteiger partial charge in [-0.1, -0.05) is 0 Å². The third kappa shape index (κ3) is 7.45. The van der Waals surface area contributed by atoms with E-state index in [1.165, 1.54) is 0 Å². The monoisotopic (exact) mass is 288 g/mol. The van der Waals surface area contributed by atoms with Gasteiger partial charge in [-0.25, -0.2) is 0 Å². The fourth-order valence-corrected chi connectivity index (χ4v) is 1.71. The lowest BCUT2D eigenvalue weighted by atomic mass is 10.3. The largest absolute Gasteiger partial charge is 0.344 e. The lowest BCUT2D eigenvalue weighted by Gasteiger charge is -2.35. The lowest BCUT2D eigenvalue weighted by Crippen LogP contribution is -2.55. The standard InChI is InChI=1S/C14H32N4O2/c1-15(2)13(19)11-17(5,6)9-10-18(7,8)12-14(20)16(3)4/h9-12H2,1-8H3/q+2. The molecule has 0 unspecified atom stereocenters. The van der Waals surface area contributed by atoms with Gasteiger partial charge in [0, 0.05) is 28.2 Å². The Bertz CT molecular complexity index is 315. The maximum Gasteiger partial charge on any atom is 0.277 e. The summed E-state index contributed by atoms with van der Waals surface area (Å²) in [4.78, 5) is 26.8. The summed E-state index contributed by atoms with van der Waals surface area (Å²) in [7, 11) is 15.3. The zero-order valence-electron chi connectivity index (χ0n) is 14.4. The average molecular weight is 288 g/mol. The zero-order chi connectivity index (χ0) is 16.1. The van der Waals surface area contributed by atoms with Gasteiger partial charge in [-0.15, -0.1) is 0 Å². The normalized spacial score (nSPS) is 12.2. The molecule has 0 N–H and O–H groups in total. The second kappa shape index (κ2) is 7.04. The van der Waals surface area contributed by atoms with Gasteiger partial charge in [0.05, 0.1) is 28.2 Å². The molecule has 0 aromatic rings. The van der Waals surface area contributed by atoms with Crippen molar-refractivity contribution in [2.45, 2.75) is 0 Å². The smallest absolute Gasteiger partial charge is 0.277 e. The van der Waals surface area contributed by atoms with Crippen molar-refractivity contribution in [1.82, 2.24) is 9.80 Å². The Labute approximate surface area is 123 Å². The van der Waals surface area contributed by atoms with Crippen LogP contribution < -0.4 is 0 Å². The van der Waals surface area contributed by atoms with E-state index in [-0.39, 0.29) is 11.8 Å². The van der Waals surface area contributed by atoms with E-state index in [1.807, 2.05) is 0 Å². The van der Waals surface area contributed by atoms with Crippen LogP contribution in [-0.4, -0.2) is 113 Å². The van der Waals surface area contributed by atoms with Gasteiger partial charge in [0.1, 0.15) is 13.1 Å². The van der Waals surface area contributed by atoms with Crippen LogP contribution in [0, 0.1) is 0 Å². The third-order valence-corrected chi connectivity index (χ3v) is 3.43. The van der Waals surface area contributed by atoms with Crippen LogP contribution in [0.15, 0.2) is 0 Å². The number of hydrogen-bond donors (Lipinski definition) is 0. The van der Waals surface area contributed by atoms with Crippen molar-refractivity contribution < 1.29 is 18.6 Å². The molecule has 20 heavy (non-hydrogen) atoms. The molecule has 0 bridgehead atoms. The van der Waals surface area contributed by atoms with E-state index in [0.717, 1.165) is 13.1 Å². The van der Waals surface area contributed by atoms with Crippen molar-refractivity contribution >= 4 is 11.8 Å². The molecule has 0 aromatic heterocycles. The van der Waals surface area contributed by atoms with Crippen LogP contribution in [0.1, 0.15) is 0 Å². The minimum absolute atomic E-state index is 0.129. The number of amides is 2. The highest BCUT2D eigenvalue weighted by Gasteiger charge is 2.27. The number of hydrogen-bond acceptors (Lipinski definition) is 2. The summed E-state index contributed by atoms with van der Waals surface area (Å²) >= 11 is 0. The number of nitrogens with zero attached hydrogens (tertiary/aromatic N) is 4. The SMILES string of the molecule is CN(C)C(=O)C[N+](C)(C)CC[N+](C)(C)CC(=O)N(C)C. The van der Waals surface area contributed by atoms with Gasteiger partial charge < -0.3 is 18.8 Å². The van der Waals surface area contributed by atoms with Gasteiger partial charge in [0.2, 0.25) is 0 Å². The highest BCUT2D eigenvalue weighted by atomic mass is 16.2. The maximum absolute atomic E-state index is 11.8. The van der Waals surface area contributed by atoms with Gasteiger partial charge in [0.15, 0.2) is 13.1 Å². The molecule has 0 radical (unpaired) electrons. The number of carbonyl (C=O) groups is 2. The molecule has 2 amide bonds. The van der Waals surface area contributed by atoms with E-state index in [9.17, 15) is 9.59 Å². The van der Waals surface area contributed by atoms with Gasteiger partial charge in [-0.2, -0.15) is 0 Å². The second-order valence-electron chi connectivity index (χ2n) is 7.21. The average Bonchev–Trinajstić information content (AvgIpc) is 2.25. The van der Waals surface area contributed by atoms with Gasteiger partial charge in [-0.05, 0) is 0 Å². The first kappa shape index (κ1) is 18.9. The number of rotatable bonds is 7. The predicted molar refractivity (Wildman–Crippen MR) is 81.1 cm³/mol. The molecule has 0 aromatic carbocycles. The highest BCUT2D eigenvalue weighted by Crippen LogP contribution is 2.04. The van der Waals surface area contributed by atoms with E-state index in [4.69, 9.17) is 0 Å². The summed E-state index contributed by atoms with van der Waals surface area (Å²) < 4.78 is 1.27. The minimum atomic E-state index is 0.129. The first-order valence-electron chi connectivity index (χ1n) is 6.91. The lowest BCUT2D eigenvalue weighted by molar-refractivity contribution is -0.938. The van der Waals surface area contributed by atoms with Gasteiger partial charge >= 0.3 is 0 Å². The van der Waals surface area contributed by atoms with Crippen LogP contribution >= 0.6 is 0 Å². The van der Waals surface area contributed by atoms with Crippen LogP contribution in [0.25, 0.3) is 0 Å². The Morgan fingerprint density at radius 3 is 1.15 bits per heavy atom. The maximum atomic E-state index is 11.8. The molecule has 118 valence electrons. The molecule has 0 aliphatic carbocycles. The van der Waals surface area contributed by atoms with Crippen LogP contribution in [0.2, 0.25) is 0 Å². The quantitative estimate of drug-likeness (QED) is 0.582. The van der Waals surface area contributed by atoms with E-state index in [2.05, 4.69) is 28.2 Å². The van der Waals surface area contributed by atoms with E-state index in [1.54, 1.807) is 38.0 Å². The number of likely N-dealkylation sites (N-methyl/N-ethyl adjacent to an activating group) is 4. The summed E-state index contributed by atoms with van der Waals surface area (Å²) in [6, 6.07) is 0. The first-order chi connectivity index (χ1) is 8.86. The van der Waals surface area contributed by atoms with E-state index < -0.39 is 0 Å². The molecule has 0 rings (SSSR count). The molecular weight excluding hydrogens is 256 g/mol. The van der Waals surface area contributed by atoms with Crippen LogP contribution in [0.4, 0.5) is 0 Å². The molecule has 6 nitrogen and oxygen atoms in total. The molecule has 0 atom stereocenters. The van der Waals surface area contributed by atoms with E-state index in [0.29, 0.717) is 22.1 Å². The highest BCUT2D eigenvalue weighted by molar-refractivity contribution is 5.77. The Balaban J connectivity index is 4.43. The van der Waals surface area contributed by atoms with Crippen molar-refractivity contribution in [3.63, 3.8) is 0 Å². The fraction of sp³-hybridized carbons (Fsp3) is 0.857. The van der Waals surface area contributed by atoms with Crippen LogP contribution in [0.5, 0.6) is 0 Å². The molecule has 6 heteroatoms. The summed E-state index contributed by atoms with van der Waals surface area (Å²) in [5.41, 5.74) is 0. The first-order valence-corrected chi connectivity index (χ1v) is 6.91. The summed E-state index contributed by atoms with van der Waals surface area (Å²) in [5.74, 6) is 0.259. The number of quaternary nitrogens is 2. The molecule has 0 spiro atoms. The van der Waals surface area contributed by atoms with Crippen molar-refractivity contribution in [2.24, 2.45) is 0 Å².